The molecule has 1 aromatic carbocycles. The molecule has 2 heterocycles. The minimum atomic E-state index is -0.279. The van der Waals surface area contributed by atoms with Gasteiger partial charge < -0.3 is 14.6 Å². The number of methoxy groups -OCH3 is 1. The van der Waals surface area contributed by atoms with Crippen LogP contribution in [0.1, 0.15) is 70.3 Å². The molecule has 6 heteroatoms. The molecule has 1 aromatic rings. The second kappa shape index (κ2) is 10.9. The van der Waals surface area contributed by atoms with Crippen LogP contribution in [0.4, 0.5) is 0 Å². The number of phenols is 1. The third-order valence-corrected chi connectivity index (χ3v) is 8.75. The van der Waals surface area contributed by atoms with Gasteiger partial charge in [0.15, 0.2) is 0 Å². The molecule has 5 rings (SSSR count). The summed E-state index contributed by atoms with van der Waals surface area (Å²) in [4.78, 5) is 28.8. The number of imide groups is 1. The minimum Gasteiger partial charge on any atom is -0.508 e. The lowest BCUT2D eigenvalue weighted by Gasteiger charge is -2.31. The molecule has 2 aliphatic carbocycles. The number of nitrogens with zero attached hydrogens (tertiary/aromatic N) is 1. The fourth-order valence-electron chi connectivity index (χ4n) is 6.98. The second-order valence-electron chi connectivity index (χ2n) is 10.9. The van der Waals surface area contributed by atoms with Gasteiger partial charge in [-0.15, -0.1) is 0 Å². The van der Waals surface area contributed by atoms with Crippen molar-refractivity contribution in [3.63, 3.8) is 0 Å². The van der Waals surface area contributed by atoms with Crippen LogP contribution in [0.15, 0.2) is 41.0 Å². The average Bonchev–Trinajstić information content (AvgIpc) is 3.42. The first-order chi connectivity index (χ1) is 17.5. The molecule has 0 radical (unpaired) electrons. The molecule has 0 unspecified atom stereocenters. The van der Waals surface area contributed by atoms with Crippen molar-refractivity contribution in [3.8, 4) is 5.75 Å². The molecule has 2 aliphatic heterocycles. The van der Waals surface area contributed by atoms with E-state index in [9.17, 15) is 14.7 Å². The van der Waals surface area contributed by atoms with Gasteiger partial charge in [-0.1, -0.05) is 50.0 Å². The van der Waals surface area contributed by atoms with Crippen molar-refractivity contribution in [1.82, 2.24) is 4.90 Å². The molecule has 4 atom stereocenters. The van der Waals surface area contributed by atoms with Crippen LogP contribution in [-0.2, 0) is 19.1 Å². The Morgan fingerprint density at radius 3 is 2.56 bits per heavy atom. The summed E-state index contributed by atoms with van der Waals surface area (Å²) >= 11 is 0. The van der Waals surface area contributed by atoms with Crippen LogP contribution in [0.2, 0.25) is 0 Å². The third kappa shape index (κ3) is 4.78. The van der Waals surface area contributed by atoms with Gasteiger partial charge >= 0.3 is 0 Å². The standard InChI is InChI=1S/C30H39NO5/c1-3-19(15-20-9-12-23(32)13-10-20)11-14-26-27-21(17-35-2)16-24-28(25(27)18-36-26)30(34)31(29(24)33)22-7-5-4-6-8-22/h9-10,12-13,15,22,24-26,28,32H,3-8,11,14,16-18H2,1-2H3/b19-15+/t24-,25+,26-,28-/m1/s1. The van der Waals surface area contributed by atoms with E-state index in [1.54, 1.807) is 24.1 Å². The van der Waals surface area contributed by atoms with Crippen LogP contribution in [0, 0.1) is 17.8 Å². The number of hydrogen-bond donors (Lipinski definition) is 1. The molecule has 4 aliphatic rings. The van der Waals surface area contributed by atoms with Crippen molar-refractivity contribution in [1.29, 1.82) is 0 Å². The number of amides is 2. The van der Waals surface area contributed by atoms with Crippen LogP contribution >= 0.6 is 0 Å². The van der Waals surface area contributed by atoms with Crippen molar-refractivity contribution >= 4 is 17.9 Å². The van der Waals surface area contributed by atoms with Gasteiger partial charge in [0.25, 0.3) is 0 Å². The smallest absolute Gasteiger partial charge is 0.234 e. The van der Waals surface area contributed by atoms with Crippen molar-refractivity contribution in [2.45, 2.75) is 76.9 Å². The number of allylic oxidation sites excluding steroid dienone is 1. The normalized spacial score (nSPS) is 29.2. The number of benzene rings is 1. The van der Waals surface area contributed by atoms with Crippen LogP contribution in [-0.4, -0.2) is 54.3 Å². The summed E-state index contributed by atoms with van der Waals surface area (Å²) in [5.74, 6) is -0.208. The van der Waals surface area contributed by atoms with Gasteiger partial charge in [-0.2, -0.15) is 0 Å². The van der Waals surface area contributed by atoms with E-state index in [0.29, 0.717) is 19.6 Å². The highest BCUT2D eigenvalue weighted by atomic mass is 16.5. The Morgan fingerprint density at radius 2 is 1.86 bits per heavy atom. The Bertz CT molecular complexity index is 1040. The van der Waals surface area contributed by atoms with Gasteiger partial charge in [-0.3, -0.25) is 14.5 Å². The average molecular weight is 494 g/mol. The number of hydrogen-bond acceptors (Lipinski definition) is 5. The molecule has 0 spiro atoms. The quantitative estimate of drug-likeness (QED) is 0.395. The molecule has 3 fully saturated rings. The predicted molar refractivity (Wildman–Crippen MR) is 138 cm³/mol. The zero-order chi connectivity index (χ0) is 25.2. The van der Waals surface area contributed by atoms with Crippen LogP contribution in [0.3, 0.4) is 0 Å². The van der Waals surface area contributed by atoms with Crippen molar-refractivity contribution in [3.05, 3.63) is 46.5 Å². The van der Waals surface area contributed by atoms with Crippen LogP contribution in [0.25, 0.3) is 6.08 Å². The number of ether oxygens (including phenoxy) is 2. The maximum absolute atomic E-state index is 13.7. The van der Waals surface area contributed by atoms with E-state index in [2.05, 4.69) is 13.0 Å². The monoisotopic (exact) mass is 493 g/mol. The fraction of sp³-hybridized carbons (Fsp3) is 0.600. The number of likely N-dealkylation sites (tertiary alicyclic amines) is 1. The highest BCUT2D eigenvalue weighted by Gasteiger charge is 2.58. The van der Waals surface area contributed by atoms with E-state index >= 15 is 0 Å². The zero-order valence-corrected chi connectivity index (χ0v) is 21.6. The maximum Gasteiger partial charge on any atom is 0.234 e. The van der Waals surface area contributed by atoms with Gasteiger partial charge in [0, 0.05) is 19.1 Å². The number of rotatable bonds is 8. The minimum absolute atomic E-state index is 0.0184. The van der Waals surface area contributed by atoms with Gasteiger partial charge in [0.1, 0.15) is 5.75 Å². The van der Waals surface area contributed by atoms with Crippen molar-refractivity contribution in [2.24, 2.45) is 17.8 Å². The molecule has 194 valence electrons. The number of carbonyl (C=O) groups excluding carboxylic acids is 2. The van der Waals surface area contributed by atoms with Crippen LogP contribution in [0.5, 0.6) is 5.75 Å². The van der Waals surface area contributed by atoms with E-state index in [-0.39, 0.29) is 47.5 Å². The van der Waals surface area contributed by atoms with Gasteiger partial charge in [-0.25, -0.2) is 0 Å². The number of aromatic hydroxyl groups is 1. The van der Waals surface area contributed by atoms with Crippen LogP contribution < -0.4 is 0 Å². The lowest BCUT2D eigenvalue weighted by atomic mass is 9.69. The largest absolute Gasteiger partial charge is 0.508 e. The van der Waals surface area contributed by atoms with Crippen molar-refractivity contribution < 1.29 is 24.2 Å². The number of fused-ring (bicyclic) bond motifs is 3. The predicted octanol–water partition coefficient (Wildman–Crippen LogP) is 5.26. The Hall–Kier alpha value is -2.44. The summed E-state index contributed by atoms with van der Waals surface area (Å²) in [5, 5.41) is 9.56. The molecule has 0 bridgehead atoms. The van der Waals surface area contributed by atoms with Gasteiger partial charge in [-0.05, 0) is 67.4 Å². The Morgan fingerprint density at radius 1 is 1.11 bits per heavy atom. The summed E-state index contributed by atoms with van der Waals surface area (Å²) in [7, 11) is 1.70. The molecule has 2 saturated heterocycles. The second-order valence-corrected chi connectivity index (χ2v) is 10.9. The molecule has 1 saturated carbocycles. The van der Waals surface area contributed by atoms with Crippen molar-refractivity contribution in [2.75, 3.05) is 20.3 Å². The lowest BCUT2D eigenvalue weighted by Crippen LogP contribution is -2.42. The summed E-state index contributed by atoms with van der Waals surface area (Å²) in [6, 6.07) is 7.35. The first-order valence-corrected chi connectivity index (χ1v) is 13.7. The summed E-state index contributed by atoms with van der Waals surface area (Å²) in [5.41, 5.74) is 4.79. The fourth-order valence-corrected chi connectivity index (χ4v) is 6.98. The van der Waals surface area contributed by atoms with E-state index in [4.69, 9.17) is 9.47 Å². The summed E-state index contributed by atoms with van der Waals surface area (Å²) < 4.78 is 11.9. The zero-order valence-electron chi connectivity index (χ0n) is 21.6. The topological polar surface area (TPSA) is 76.1 Å². The summed E-state index contributed by atoms with van der Waals surface area (Å²) in [6.07, 6.45) is 10.7. The molecule has 36 heavy (non-hydrogen) atoms. The molecule has 1 N–H and O–H groups in total. The first-order valence-electron chi connectivity index (χ1n) is 13.7. The number of phenolic OH excluding ortho intramolecular Hbond substituents is 1. The molecular weight excluding hydrogens is 454 g/mol. The Balaban J connectivity index is 1.34. The molecular formula is C30H39NO5. The maximum atomic E-state index is 13.7. The third-order valence-electron chi connectivity index (χ3n) is 8.75. The highest BCUT2D eigenvalue weighted by molar-refractivity contribution is 6.06. The first kappa shape index (κ1) is 25.2. The molecule has 0 aromatic heterocycles. The molecule has 2 amide bonds. The van der Waals surface area contributed by atoms with E-state index < -0.39 is 0 Å². The van der Waals surface area contributed by atoms with E-state index in [1.165, 1.54) is 23.1 Å². The highest BCUT2D eigenvalue weighted by Crippen LogP contribution is 2.50. The lowest BCUT2D eigenvalue weighted by molar-refractivity contribution is -0.143. The van der Waals surface area contributed by atoms with Gasteiger partial charge in [0.05, 0.1) is 31.2 Å². The SMILES string of the molecule is CC/C(=C\c1ccc(O)cc1)CC[C@H]1OC[C@H]2C1=C(COC)C[C@H]1C(=O)N(C3CCCCC3)C(=O)[C@H]12. The summed E-state index contributed by atoms with van der Waals surface area (Å²) in [6.45, 7) is 3.16. The van der Waals surface area contributed by atoms with E-state index in [1.807, 2.05) is 12.1 Å². The molecule has 6 nitrogen and oxygen atoms in total. The van der Waals surface area contributed by atoms with E-state index in [0.717, 1.165) is 50.5 Å². The number of carbonyl (C=O) groups is 2. The van der Waals surface area contributed by atoms with Gasteiger partial charge in [0.2, 0.25) is 11.8 Å². The Labute approximate surface area is 214 Å². The Kier molecular flexibility index (Phi) is 7.63.